The van der Waals surface area contributed by atoms with E-state index in [1.807, 2.05) is 48.5 Å². The number of carbonyl (C=O) groups excluding carboxylic acids is 2. The van der Waals surface area contributed by atoms with Gasteiger partial charge in [0.25, 0.3) is 6.43 Å². The van der Waals surface area contributed by atoms with E-state index in [1.165, 1.54) is 0 Å². The molecule has 33 heavy (non-hydrogen) atoms. The number of unbranched alkanes of at least 4 members (excludes halogenated alkanes) is 1. The summed E-state index contributed by atoms with van der Waals surface area (Å²) >= 11 is 0. The van der Waals surface area contributed by atoms with Gasteiger partial charge in [0.05, 0.1) is 6.54 Å². The highest BCUT2D eigenvalue weighted by molar-refractivity contribution is 6.00. The molecule has 1 heterocycles. The van der Waals surface area contributed by atoms with Crippen molar-refractivity contribution >= 4 is 11.8 Å². The first-order chi connectivity index (χ1) is 16.0. The van der Waals surface area contributed by atoms with Gasteiger partial charge in [-0.3, -0.25) is 9.59 Å². The van der Waals surface area contributed by atoms with Crippen LogP contribution in [0.1, 0.15) is 43.2 Å². The van der Waals surface area contributed by atoms with E-state index in [1.54, 1.807) is 0 Å². The maximum Gasteiger partial charge on any atom is 0.255 e. The van der Waals surface area contributed by atoms with Crippen LogP contribution in [0.25, 0.3) is 11.1 Å². The summed E-state index contributed by atoms with van der Waals surface area (Å²) in [6, 6.07) is 15.5. The van der Waals surface area contributed by atoms with E-state index in [2.05, 4.69) is 16.0 Å². The van der Waals surface area contributed by atoms with Gasteiger partial charge in [0.15, 0.2) is 0 Å². The minimum absolute atomic E-state index is 0.0614. The van der Waals surface area contributed by atoms with Crippen LogP contribution in [0.3, 0.4) is 0 Å². The fourth-order valence-corrected chi connectivity index (χ4v) is 5.23. The minimum atomic E-state index is -2.61. The Morgan fingerprint density at radius 1 is 0.939 bits per heavy atom. The summed E-state index contributed by atoms with van der Waals surface area (Å²) in [6.45, 7) is 1.61. The van der Waals surface area contributed by atoms with Gasteiger partial charge >= 0.3 is 0 Å². The fraction of sp³-hybridized carbons (Fsp3) is 0.462. The van der Waals surface area contributed by atoms with Gasteiger partial charge in [-0.05, 0) is 67.4 Å². The maximum absolute atomic E-state index is 13.5. The Balaban J connectivity index is 1.49. The van der Waals surface area contributed by atoms with Gasteiger partial charge in [-0.2, -0.15) is 0 Å². The molecule has 0 spiro atoms. The van der Waals surface area contributed by atoms with Crippen LogP contribution in [-0.4, -0.2) is 44.4 Å². The van der Waals surface area contributed by atoms with Crippen molar-refractivity contribution in [1.82, 2.24) is 16.0 Å². The van der Waals surface area contributed by atoms with Crippen LogP contribution in [0.4, 0.5) is 8.78 Å². The third-order valence-electron chi connectivity index (χ3n) is 6.86. The molecule has 0 bridgehead atoms. The number of rotatable bonds is 9. The van der Waals surface area contributed by atoms with Crippen molar-refractivity contribution in [3.63, 3.8) is 0 Å². The topological polar surface area (TPSA) is 70.2 Å². The first-order valence-electron chi connectivity index (χ1n) is 11.8. The number of piperidine rings is 1. The predicted molar refractivity (Wildman–Crippen MR) is 124 cm³/mol. The Kier molecular flexibility index (Phi) is 7.38. The van der Waals surface area contributed by atoms with Gasteiger partial charge in [0.1, 0.15) is 5.41 Å². The van der Waals surface area contributed by atoms with E-state index < -0.39 is 18.4 Å². The first-order valence-corrected chi connectivity index (χ1v) is 11.8. The summed E-state index contributed by atoms with van der Waals surface area (Å²) in [5, 5.41) is 8.78. The number of hydrogen-bond acceptors (Lipinski definition) is 3. The molecule has 2 amide bonds. The van der Waals surface area contributed by atoms with Crippen LogP contribution in [0.15, 0.2) is 48.5 Å². The average Bonchev–Trinajstić information content (AvgIpc) is 3.14. The van der Waals surface area contributed by atoms with Crippen molar-refractivity contribution in [2.75, 3.05) is 26.2 Å². The van der Waals surface area contributed by atoms with Crippen molar-refractivity contribution in [2.24, 2.45) is 5.92 Å². The molecule has 2 aromatic carbocycles. The molecule has 0 unspecified atom stereocenters. The van der Waals surface area contributed by atoms with Gasteiger partial charge in [-0.25, -0.2) is 8.78 Å². The molecule has 2 aliphatic rings. The molecular formula is C26H31F2N3O2. The Bertz CT molecular complexity index is 944. The molecule has 0 saturated carbocycles. The summed E-state index contributed by atoms with van der Waals surface area (Å²) in [7, 11) is 0. The molecule has 0 atom stereocenters. The number of benzene rings is 2. The quantitative estimate of drug-likeness (QED) is 0.506. The maximum atomic E-state index is 13.5. The molecule has 7 heteroatoms. The van der Waals surface area contributed by atoms with Gasteiger partial charge in [0.2, 0.25) is 11.8 Å². The van der Waals surface area contributed by atoms with Crippen LogP contribution >= 0.6 is 0 Å². The van der Waals surface area contributed by atoms with Crippen molar-refractivity contribution in [3.05, 3.63) is 59.7 Å². The largest absolute Gasteiger partial charge is 0.356 e. The Hall–Kier alpha value is -2.80. The smallest absolute Gasteiger partial charge is 0.255 e. The van der Waals surface area contributed by atoms with E-state index >= 15 is 0 Å². The third-order valence-corrected chi connectivity index (χ3v) is 6.86. The molecule has 4 rings (SSSR count). The second kappa shape index (κ2) is 10.4. The van der Waals surface area contributed by atoms with Gasteiger partial charge in [-0.15, -0.1) is 0 Å². The monoisotopic (exact) mass is 455 g/mol. The molecular weight excluding hydrogens is 424 g/mol. The summed E-state index contributed by atoms with van der Waals surface area (Å²) < 4.78 is 25.8. The molecule has 176 valence electrons. The van der Waals surface area contributed by atoms with Crippen LogP contribution in [0, 0.1) is 5.92 Å². The lowest BCUT2D eigenvalue weighted by Crippen LogP contribution is -2.45. The van der Waals surface area contributed by atoms with Crippen molar-refractivity contribution < 1.29 is 18.4 Å². The molecule has 1 aliphatic heterocycles. The van der Waals surface area contributed by atoms with E-state index in [4.69, 9.17) is 0 Å². The first kappa shape index (κ1) is 23.4. The van der Waals surface area contributed by atoms with E-state index in [0.29, 0.717) is 25.8 Å². The van der Waals surface area contributed by atoms with Gasteiger partial charge in [-0.1, -0.05) is 48.5 Å². The molecule has 1 aliphatic carbocycles. The van der Waals surface area contributed by atoms with Crippen LogP contribution in [0.5, 0.6) is 0 Å². The van der Waals surface area contributed by atoms with Crippen LogP contribution in [0.2, 0.25) is 0 Å². The predicted octanol–water partition coefficient (Wildman–Crippen LogP) is 3.62. The van der Waals surface area contributed by atoms with Crippen molar-refractivity contribution in [1.29, 1.82) is 0 Å². The Labute approximate surface area is 193 Å². The number of halogens is 2. The number of carbonyl (C=O) groups is 2. The number of amides is 2. The van der Waals surface area contributed by atoms with Gasteiger partial charge in [0, 0.05) is 12.5 Å². The summed E-state index contributed by atoms with van der Waals surface area (Å²) in [4.78, 5) is 25.8. The molecule has 3 N–H and O–H groups in total. The van der Waals surface area contributed by atoms with Crippen LogP contribution in [-0.2, 0) is 15.0 Å². The molecule has 1 saturated heterocycles. The molecule has 0 aromatic heterocycles. The lowest BCUT2D eigenvalue weighted by Gasteiger charge is -2.31. The molecule has 2 aromatic rings. The normalized spacial score (nSPS) is 16.8. The zero-order valence-corrected chi connectivity index (χ0v) is 18.7. The molecule has 0 radical (unpaired) electrons. The van der Waals surface area contributed by atoms with Crippen molar-refractivity contribution in [3.8, 4) is 11.1 Å². The number of hydrogen-bond donors (Lipinski definition) is 3. The van der Waals surface area contributed by atoms with E-state index in [9.17, 15) is 18.4 Å². The fourth-order valence-electron chi connectivity index (χ4n) is 5.23. The zero-order chi connectivity index (χ0) is 23.3. The highest BCUT2D eigenvalue weighted by Gasteiger charge is 2.48. The second-order valence-electron chi connectivity index (χ2n) is 8.87. The summed E-state index contributed by atoms with van der Waals surface area (Å²) in [5.41, 5.74) is 2.65. The second-order valence-corrected chi connectivity index (χ2v) is 8.87. The SMILES string of the molecule is O=C(NCCCCC1(C(=O)NCC(F)F)c2ccccc2-c2ccccc21)C1CCNCC1. The van der Waals surface area contributed by atoms with Gasteiger partial charge < -0.3 is 16.0 Å². The lowest BCUT2D eigenvalue weighted by molar-refractivity contribution is -0.127. The molecule has 1 fully saturated rings. The third kappa shape index (κ3) is 4.78. The number of alkyl halides is 2. The average molecular weight is 456 g/mol. The highest BCUT2D eigenvalue weighted by atomic mass is 19.3. The Morgan fingerprint density at radius 3 is 2.15 bits per heavy atom. The van der Waals surface area contributed by atoms with Crippen molar-refractivity contribution in [2.45, 2.75) is 43.9 Å². The highest BCUT2D eigenvalue weighted by Crippen LogP contribution is 2.51. The van der Waals surface area contributed by atoms with E-state index in [-0.39, 0.29) is 17.7 Å². The minimum Gasteiger partial charge on any atom is -0.356 e. The van der Waals surface area contributed by atoms with E-state index in [0.717, 1.165) is 48.2 Å². The summed E-state index contributed by atoms with van der Waals surface area (Å²) in [5.74, 6) is -0.234. The number of nitrogens with one attached hydrogen (secondary N) is 3. The zero-order valence-electron chi connectivity index (χ0n) is 18.7. The Morgan fingerprint density at radius 2 is 1.55 bits per heavy atom. The molecule has 5 nitrogen and oxygen atoms in total. The lowest BCUT2D eigenvalue weighted by atomic mass is 9.73. The number of fused-ring (bicyclic) bond motifs is 3. The van der Waals surface area contributed by atoms with Crippen LogP contribution < -0.4 is 16.0 Å². The standard InChI is InChI=1S/C26H31F2N3O2/c27-23(28)17-31-25(33)26(13-5-6-14-30-24(32)18-11-15-29-16-12-18)21-9-3-1-7-19(21)20-8-2-4-10-22(20)26/h1-4,7-10,18,23,29H,5-6,11-17H2,(H,30,32)(H,31,33). The summed E-state index contributed by atoms with van der Waals surface area (Å²) in [6.07, 6.45) is 0.976.